The highest BCUT2D eigenvalue weighted by atomic mass is 16.5. The number of rotatable bonds is 6. The van der Waals surface area contributed by atoms with Gasteiger partial charge in [-0.2, -0.15) is 5.10 Å². The molecular formula is C18H20N2O3. The van der Waals surface area contributed by atoms with Gasteiger partial charge in [0, 0.05) is 5.56 Å². The Labute approximate surface area is 135 Å². The highest BCUT2D eigenvalue weighted by Crippen LogP contribution is 2.18. The van der Waals surface area contributed by atoms with Crippen LogP contribution in [0.3, 0.4) is 0 Å². The molecule has 5 heteroatoms. The number of amides is 1. The van der Waals surface area contributed by atoms with Crippen LogP contribution < -0.4 is 14.9 Å². The smallest absolute Gasteiger partial charge is 0.280 e. The SMILES string of the molecule is COc1ccccc1C=NNC(=O)C(C)Oc1ccccc1C. The molecule has 0 bridgehead atoms. The second-order valence-electron chi connectivity index (χ2n) is 5.00. The third kappa shape index (κ3) is 4.57. The van der Waals surface area contributed by atoms with Crippen LogP contribution in [-0.2, 0) is 4.79 Å². The molecule has 0 aromatic heterocycles. The fraction of sp³-hybridized carbons (Fsp3) is 0.222. The molecule has 0 aliphatic rings. The Balaban J connectivity index is 1.94. The summed E-state index contributed by atoms with van der Waals surface area (Å²) in [5.74, 6) is 1.05. The minimum absolute atomic E-state index is 0.320. The van der Waals surface area contributed by atoms with Gasteiger partial charge in [0.15, 0.2) is 6.10 Å². The van der Waals surface area contributed by atoms with Gasteiger partial charge < -0.3 is 9.47 Å². The molecule has 0 aliphatic heterocycles. The first-order valence-corrected chi connectivity index (χ1v) is 7.30. The predicted molar refractivity (Wildman–Crippen MR) is 90.0 cm³/mol. The van der Waals surface area contributed by atoms with Crippen LogP contribution in [0.25, 0.3) is 0 Å². The number of hydrogen-bond acceptors (Lipinski definition) is 4. The van der Waals surface area contributed by atoms with Gasteiger partial charge in [-0.15, -0.1) is 0 Å². The van der Waals surface area contributed by atoms with Gasteiger partial charge in [-0.25, -0.2) is 5.43 Å². The lowest BCUT2D eigenvalue weighted by molar-refractivity contribution is -0.127. The van der Waals surface area contributed by atoms with E-state index in [0.29, 0.717) is 11.5 Å². The van der Waals surface area contributed by atoms with Crippen LogP contribution in [0.4, 0.5) is 0 Å². The van der Waals surface area contributed by atoms with E-state index >= 15 is 0 Å². The molecule has 1 N–H and O–H groups in total. The summed E-state index contributed by atoms with van der Waals surface area (Å²) in [6.07, 6.45) is 0.892. The number of carbonyl (C=O) groups excluding carboxylic acids is 1. The van der Waals surface area contributed by atoms with Gasteiger partial charge >= 0.3 is 0 Å². The molecule has 2 aromatic rings. The molecule has 1 unspecified atom stereocenters. The first kappa shape index (κ1) is 16.5. The molecule has 1 atom stereocenters. The summed E-state index contributed by atoms with van der Waals surface area (Å²) in [7, 11) is 1.59. The van der Waals surface area contributed by atoms with Crippen molar-refractivity contribution in [1.82, 2.24) is 5.43 Å². The number of ether oxygens (including phenoxy) is 2. The van der Waals surface area contributed by atoms with Gasteiger partial charge in [0.2, 0.25) is 0 Å². The molecule has 0 aliphatic carbocycles. The Hall–Kier alpha value is -2.82. The van der Waals surface area contributed by atoms with E-state index in [9.17, 15) is 4.79 Å². The number of benzene rings is 2. The third-order valence-corrected chi connectivity index (χ3v) is 3.28. The summed E-state index contributed by atoms with van der Waals surface area (Å²) < 4.78 is 10.9. The molecule has 0 fully saturated rings. The van der Waals surface area contributed by atoms with Crippen LogP contribution in [-0.4, -0.2) is 25.3 Å². The van der Waals surface area contributed by atoms with E-state index in [1.54, 1.807) is 14.0 Å². The fourth-order valence-corrected chi connectivity index (χ4v) is 1.96. The Morgan fingerprint density at radius 1 is 1.13 bits per heavy atom. The number of para-hydroxylation sites is 2. The van der Waals surface area contributed by atoms with Crippen molar-refractivity contribution in [1.29, 1.82) is 0 Å². The first-order valence-electron chi connectivity index (χ1n) is 7.30. The highest BCUT2D eigenvalue weighted by Gasteiger charge is 2.14. The molecule has 120 valence electrons. The predicted octanol–water partition coefficient (Wildman–Crippen LogP) is 2.92. The Morgan fingerprint density at radius 3 is 2.48 bits per heavy atom. The maximum atomic E-state index is 12.0. The van der Waals surface area contributed by atoms with E-state index in [-0.39, 0.29) is 5.91 Å². The van der Waals surface area contributed by atoms with E-state index in [1.807, 2.05) is 55.5 Å². The van der Waals surface area contributed by atoms with E-state index in [1.165, 1.54) is 6.21 Å². The maximum absolute atomic E-state index is 12.0. The number of nitrogens with zero attached hydrogens (tertiary/aromatic N) is 1. The van der Waals surface area contributed by atoms with Gasteiger partial charge in [-0.05, 0) is 37.6 Å². The van der Waals surface area contributed by atoms with Gasteiger partial charge in [-0.1, -0.05) is 30.3 Å². The van der Waals surface area contributed by atoms with Crippen LogP contribution in [0.5, 0.6) is 11.5 Å². The molecule has 0 heterocycles. The number of nitrogens with one attached hydrogen (secondary N) is 1. The lowest BCUT2D eigenvalue weighted by Gasteiger charge is -2.14. The number of hydrogen-bond donors (Lipinski definition) is 1. The van der Waals surface area contributed by atoms with Crippen molar-refractivity contribution in [2.45, 2.75) is 20.0 Å². The first-order chi connectivity index (χ1) is 11.1. The lowest BCUT2D eigenvalue weighted by atomic mass is 10.2. The average Bonchev–Trinajstić information content (AvgIpc) is 2.57. The minimum atomic E-state index is -0.647. The number of carbonyl (C=O) groups is 1. The van der Waals surface area contributed by atoms with Crippen LogP contribution >= 0.6 is 0 Å². The molecule has 23 heavy (non-hydrogen) atoms. The standard InChI is InChI=1S/C18H20N2O3/c1-13-8-4-6-10-16(13)23-14(2)18(21)20-19-12-15-9-5-7-11-17(15)22-3/h4-12,14H,1-3H3,(H,20,21). The van der Waals surface area contributed by atoms with Crippen molar-refractivity contribution in [2.75, 3.05) is 7.11 Å². The van der Waals surface area contributed by atoms with Crippen LogP contribution in [0.2, 0.25) is 0 Å². The van der Waals surface area contributed by atoms with Crippen LogP contribution in [0, 0.1) is 6.92 Å². The molecule has 1 amide bonds. The summed E-state index contributed by atoms with van der Waals surface area (Å²) in [6, 6.07) is 15.0. The van der Waals surface area contributed by atoms with E-state index in [0.717, 1.165) is 11.1 Å². The molecule has 0 radical (unpaired) electrons. The number of hydrazone groups is 1. The third-order valence-electron chi connectivity index (χ3n) is 3.28. The van der Waals surface area contributed by atoms with E-state index in [4.69, 9.17) is 9.47 Å². The Bertz CT molecular complexity index is 698. The topological polar surface area (TPSA) is 59.9 Å². The van der Waals surface area contributed by atoms with Crippen molar-refractivity contribution in [3.05, 3.63) is 59.7 Å². The fourth-order valence-electron chi connectivity index (χ4n) is 1.96. The monoisotopic (exact) mass is 312 g/mol. The summed E-state index contributed by atoms with van der Waals surface area (Å²) in [5.41, 5.74) is 4.23. The van der Waals surface area contributed by atoms with Gasteiger partial charge in [0.25, 0.3) is 5.91 Å². The zero-order valence-electron chi connectivity index (χ0n) is 13.4. The molecule has 0 saturated heterocycles. The highest BCUT2D eigenvalue weighted by molar-refractivity contribution is 5.86. The lowest BCUT2D eigenvalue weighted by Crippen LogP contribution is -2.33. The second-order valence-corrected chi connectivity index (χ2v) is 5.00. The molecule has 2 aromatic carbocycles. The van der Waals surface area contributed by atoms with Crippen molar-refractivity contribution in [3.8, 4) is 11.5 Å². The molecular weight excluding hydrogens is 292 g/mol. The van der Waals surface area contributed by atoms with Crippen molar-refractivity contribution in [3.63, 3.8) is 0 Å². The van der Waals surface area contributed by atoms with Crippen LogP contribution in [0.15, 0.2) is 53.6 Å². The van der Waals surface area contributed by atoms with E-state index < -0.39 is 6.10 Å². The summed E-state index contributed by atoms with van der Waals surface area (Å²) in [4.78, 5) is 12.0. The summed E-state index contributed by atoms with van der Waals surface area (Å²) in [5, 5.41) is 3.95. The number of aryl methyl sites for hydroxylation is 1. The van der Waals surface area contributed by atoms with Crippen LogP contribution in [0.1, 0.15) is 18.1 Å². The van der Waals surface area contributed by atoms with Gasteiger partial charge in [-0.3, -0.25) is 4.79 Å². The minimum Gasteiger partial charge on any atom is -0.496 e. The largest absolute Gasteiger partial charge is 0.496 e. The normalized spacial score (nSPS) is 12.0. The zero-order chi connectivity index (χ0) is 16.7. The number of methoxy groups -OCH3 is 1. The Morgan fingerprint density at radius 2 is 1.78 bits per heavy atom. The Kier molecular flexibility index (Phi) is 5.74. The molecule has 0 spiro atoms. The summed E-state index contributed by atoms with van der Waals surface area (Å²) in [6.45, 7) is 3.61. The van der Waals surface area contributed by atoms with E-state index in [2.05, 4.69) is 10.5 Å². The van der Waals surface area contributed by atoms with Crippen molar-refractivity contribution < 1.29 is 14.3 Å². The quantitative estimate of drug-likeness (QED) is 0.659. The maximum Gasteiger partial charge on any atom is 0.280 e. The molecule has 5 nitrogen and oxygen atoms in total. The van der Waals surface area contributed by atoms with Gasteiger partial charge in [0.1, 0.15) is 11.5 Å². The average molecular weight is 312 g/mol. The zero-order valence-corrected chi connectivity index (χ0v) is 13.4. The second kappa shape index (κ2) is 7.98. The van der Waals surface area contributed by atoms with Gasteiger partial charge in [0.05, 0.1) is 13.3 Å². The van der Waals surface area contributed by atoms with Crippen molar-refractivity contribution in [2.24, 2.45) is 5.10 Å². The summed E-state index contributed by atoms with van der Waals surface area (Å²) >= 11 is 0. The molecule has 2 rings (SSSR count). The van der Waals surface area contributed by atoms with Crippen molar-refractivity contribution >= 4 is 12.1 Å². The molecule has 0 saturated carbocycles.